The summed E-state index contributed by atoms with van der Waals surface area (Å²) in [5, 5.41) is 0. The predicted molar refractivity (Wildman–Crippen MR) is 123 cm³/mol. The van der Waals surface area contributed by atoms with Gasteiger partial charge in [-0.25, -0.2) is 0 Å². The number of hydrogen-bond donors (Lipinski definition) is 2. The molecule has 3 heterocycles. The maximum Gasteiger partial charge on any atom is 0.289 e. The molecule has 2 fully saturated rings. The number of nitrogens with zero attached hydrogens (tertiary/aromatic N) is 2. The number of carbonyl (C=O) groups is 2. The molecule has 33 heavy (non-hydrogen) atoms. The van der Waals surface area contributed by atoms with Crippen molar-refractivity contribution in [2.24, 2.45) is 11.7 Å². The summed E-state index contributed by atoms with van der Waals surface area (Å²) in [5.41, 5.74) is 13.4. The molecule has 1 aromatic heterocycles. The number of piperidine rings is 1. The van der Waals surface area contributed by atoms with Gasteiger partial charge in [-0.05, 0) is 42.5 Å². The number of morpholine rings is 1. The number of nitrogens with two attached hydrogens (primary N) is 2. The topological polar surface area (TPSA) is 124 Å². The Morgan fingerprint density at radius 2 is 2.00 bits per heavy atom. The van der Waals surface area contributed by atoms with E-state index in [2.05, 4.69) is 4.90 Å². The lowest BCUT2D eigenvalue weighted by Crippen LogP contribution is -2.47. The summed E-state index contributed by atoms with van der Waals surface area (Å²) in [4.78, 5) is 28.5. The van der Waals surface area contributed by atoms with E-state index in [1.165, 1.54) is 13.4 Å². The molecule has 2 aliphatic rings. The molecule has 1 atom stereocenters. The number of hydrogen-bond acceptors (Lipinski definition) is 7. The lowest BCUT2D eigenvalue weighted by atomic mass is 9.95. The van der Waals surface area contributed by atoms with E-state index >= 15 is 0 Å². The Morgan fingerprint density at radius 3 is 2.67 bits per heavy atom. The summed E-state index contributed by atoms with van der Waals surface area (Å²) in [5.74, 6) is 0.749. The maximum absolute atomic E-state index is 12.5. The molecule has 2 saturated heterocycles. The third-order valence-corrected chi connectivity index (χ3v) is 6.55. The van der Waals surface area contributed by atoms with Gasteiger partial charge < -0.3 is 30.3 Å². The number of furan rings is 1. The number of ether oxygens (including phenoxy) is 2. The standard InChI is InChI=1S/C24H32N4O5/c1-31-22-13-20(25)17(12-19(22)23(26)29)11-18-15-27(8-10-32-18)14-16-4-6-28(7-5-16)24(30)21-3-2-9-33-21/h2-3,9,12-13,16,18H,4-8,10-11,14-15,25H2,1H3,(H2,26,29). The fourth-order valence-electron chi connectivity index (χ4n) is 4.73. The Kier molecular flexibility index (Phi) is 7.20. The number of methoxy groups -OCH3 is 1. The maximum atomic E-state index is 12.5. The smallest absolute Gasteiger partial charge is 0.289 e. The SMILES string of the molecule is COc1cc(N)c(CC2CN(CC3CCN(C(=O)c4ccco4)CC3)CCO2)cc1C(N)=O. The van der Waals surface area contributed by atoms with Gasteiger partial charge in [0.05, 0.1) is 31.6 Å². The second-order valence-corrected chi connectivity index (χ2v) is 8.78. The third kappa shape index (κ3) is 5.48. The molecule has 0 spiro atoms. The summed E-state index contributed by atoms with van der Waals surface area (Å²) >= 11 is 0. The average molecular weight is 457 g/mol. The van der Waals surface area contributed by atoms with Gasteiger partial charge in [0.2, 0.25) is 0 Å². The summed E-state index contributed by atoms with van der Waals surface area (Å²) in [6, 6.07) is 6.81. The number of primary amides is 1. The molecule has 2 aromatic rings. The molecule has 0 bridgehead atoms. The Labute approximate surface area is 193 Å². The highest BCUT2D eigenvalue weighted by Crippen LogP contribution is 2.28. The zero-order valence-electron chi connectivity index (χ0n) is 19.0. The zero-order chi connectivity index (χ0) is 23.4. The van der Waals surface area contributed by atoms with E-state index in [9.17, 15) is 9.59 Å². The van der Waals surface area contributed by atoms with Gasteiger partial charge in [0, 0.05) is 50.9 Å². The van der Waals surface area contributed by atoms with Crippen LogP contribution in [-0.2, 0) is 11.2 Å². The Balaban J connectivity index is 1.30. The second kappa shape index (κ2) is 10.3. The van der Waals surface area contributed by atoms with Crippen molar-refractivity contribution >= 4 is 17.5 Å². The molecule has 178 valence electrons. The van der Waals surface area contributed by atoms with E-state index < -0.39 is 5.91 Å². The van der Waals surface area contributed by atoms with Crippen molar-refractivity contribution in [2.45, 2.75) is 25.4 Å². The molecular formula is C24H32N4O5. The molecule has 0 aliphatic carbocycles. The lowest BCUT2D eigenvalue weighted by molar-refractivity contribution is -0.0344. The molecule has 4 N–H and O–H groups in total. The van der Waals surface area contributed by atoms with E-state index in [1.54, 1.807) is 24.3 Å². The van der Waals surface area contributed by atoms with Crippen molar-refractivity contribution in [3.63, 3.8) is 0 Å². The van der Waals surface area contributed by atoms with Crippen LogP contribution in [0.2, 0.25) is 0 Å². The number of rotatable bonds is 7. The van der Waals surface area contributed by atoms with E-state index in [4.69, 9.17) is 25.4 Å². The first-order valence-corrected chi connectivity index (χ1v) is 11.4. The number of anilines is 1. The van der Waals surface area contributed by atoms with Crippen molar-refractivity contribution in [1.82, 2.24) is 9.80 Å². The van der Waals surface area contributed by atoms with Crippen molar-refractivity contribution in [1.29, 1.82) is 0 Å². The first-order chi connectivity index (χ1) is 15.9. The quantitative estimate of drug-likeness (QED) is 0.609. The Bertz CT molecular complexity index is 969. The highest BCUT2D eigenvalue weighted by Gasteiger charge is 2.28. The predicted octanol–water partition coefficient (Wildman–Crippen LogP) is 1.76. The molecule has 9 heteroatoms. The van der Waals surface area contributed by atoms with Gasteiger partial charge >= 0.3 is 0 Å². The van der Waals surface area contributed by atoms with Gasteiger partial charge in [0.25, 0.3) is 11.8 Å². The van der Waals surface area contributed by atoms with E-state index in [0.717, 1.165) is 51.1 Å². The molecule has 0 radical (unpaired) electrons. The van der Waals surface area contributed by atoms with Crippen LogP contribution >= 0.6 is 0 Å². The van der Waals surface area contributed by atoms with Gasteiger partial charge in [-0.1, -0.05) is 0 Å². The number of carbonyl (C=O) groups excluding carboxylic acids is 2. The molecule has 2 aliphatic heterocycles. The summed E-state index contributed by atoms with van der Waals surface area (Å²) in [6.07, 6.45) is 4.06. The van der Waals surface area contributed by atoms with Crippen LogP contribution in [0, 0.1) is 5.92 Å². The number of nitrogen functional groups attached to an aromatic ring is 1. The van der Waals surface area contributed by atoms with Crippen molar-refractivity contribution < 1.29 is 23.5 Å². The zero-order valence-corrected chi connectivity index (χ0v) is 19.0. The number of benzene rings is 1. The Hall–Kier alpha value is -3.04. The van der Waals surface area contributed by atoms with Crippen LogP contribution in [0.1, 0.15) is 39.3 Å². The average Bonchev–Trinajstić information content (AvgIpc) is 3.35. The minimum Gasteiger partial charge on any atom is -0.496 e. The van der Waals surface area contributed by atoms with Crippen LogP contribution in [0.15, 0.2) is 34.9 Å². The minimum atomic E-state index is -0.545. The highest BCUT2D eigenvalue weighted by atomic mass is 16.5. The first-order valence-electron chi connectivity index (χ1n) is 11.4. The summed E-state index contributed by atoms with van der Waals surface area (Å²) < 4.78 is 16.5. The van der Waals surface area contributed by atoms with Crippen molar-refractivity contribution in [3.8, 4) is 5.75 Å². The van der Waals surface area contributed by atoms with E-state index in [-0.39, 0.29) is 12.0 Å². The van der Waals surface area contributed by atoms with Crippen molar-refractivity contribution in [2.75, 3.05) is 52.2 Å². The summed E-state index contributed by atoms with van der Waals surface area (Å²) in [7, 11) is 1.49. The molecule has 1 unspecified atom stereocenters. The number of amides is 2. The monoisotopic (exact) mass is 456 g/mol. The molecule has 1 aromatic carbocycles. The van der Waals surface area contributed by atoms with Crippen LogP contribution in [0.4, 0.5) is 5.69 Å². The highest BCUT2D eigenvalue weighted by molar-refractivity contribution is 5.96. The van der Waals surface area contributed by atoms with Crippen LogP contribution in [0.25, 0.3) is 0 Å². The van der Waals surface area contributed by atoms with E-state index in [0.29, 0.717) is 41.7 Å². The Morgan fingerprint density at radius 1 is 1.21 bits per heavy atom. The fourth-order valence-corrected chi connectivity index (χ4v) is 4.73. The molecule has 2 amide bonds. The number of likely N-dealkylation sites (tertiary alicyclic amines) is 1. The molecule has 0 saturated carbocycles. The van der Waals surface area contributed by atoms with Gasteiger partial charge in [0.15, 0.2) is 5.76 Å². The van der Waals surface area contributed by atoms with Gasteiger partial charge in [-0.2, -0.15) is 0 Å². The van der Waals surface area contributed by atoms with Crippen LogP contribution in [-0.4, -0.2) is 74.2 Å². The van der Waals surface area contributed by atoms with Crippen molar-refractivity contribution in [3.05, 3.63) is 47.4 Å². The normalized spacial score (nSPS) is 20.0. The van der Waals surface area contributed by atoms with Gasteiger partial charge in [0.1, 0.15) is 5.75 Å². The first kappa shape index (κ1) is 23.1. The summed E-state index contributed by atoms with van der Waals surface area (Å²) in [6.45, 7) is 4.80. The largest absolute Gasteiger partial charge is 0.496 e. The van der Waals surface area contributed by atoms with E-state index in [1.807, 2.05) is 4.90 Å². The third-order valence-electron chi connectivity index (χ3n) is 6.55. The van der Waals surface area contributed by atoms with Crippen LogP contribution in [0.5, 0.6) is 5.75 Å². The lowest BCUT2D eigenvalue weighted by Gasteiger charge is -2.38. The minimum absolute atomic E-state index is 0.0178. The second-order valence-electron chi connectivity index (χ2n) is 8.78. The van der Waals surface area contributed by atoms with Gasteiger partial charge in [-0.3, -0.25) is 14.5 Å². The molecular weight excluding hydrogens is 424 g/mol. The van der Waals surface area contributed by atoms with Crippen LogP contribution in [0.3, 0.4) is 0 Å². The molecule has 4 rings (SSSR count). The fraction of sp³-hybridized carbons (Fsp3) is 0.500. The van der Waals surface area contributed by atoms with Gasteiger partial charge in [-0.15, -0.1) is 0 Å². The molecule has 9 nitrogen and oxygen atoms in total. The van der Waals surface area contributed by atoms with Crippen LogP contribution < -0.4 is 16.2 Å².